The summed E-state index contributed by atoms with van der Waals surface area (Å²) in [5, 5.41) is 3.62. The molecule has 14 heavy (non-hydrogen) atoms. The maximum Gasteiger partial charge on any atom is 0.209 e. The van der Waals surface area contributed by atoms with E-state index < -0.39 is 0 Å². The maximum absolute atomic E-state index is 5.88. The topological polar surface area (TPSA) is 38.1 Å². The summed E-state index contributed by atoms with van der Waals surface area (Å²) in [5.74, 6) is 0.658. The summed E-state index contributed by atoms with van der Waals surface area (Å²) >= 11 is 9.26. The van der Waals surface area contributed by atoms with Gasteiger partial charge < -0.3 is 9.73 Å². The minimum absolute atomic E-state index is 0.610. The van der Waals surface area contributed by atoms with Crippen LogP contribution in [0.25, 0.3) is 11.1 Å². The smallest absolute Gasteiger partial charge is 0.209 e. The number of benzene rings is 1. The van der Waals surface area contributed by atoms with E-state index in [-0.39, 0.29) is 0 Å². The van der Waals surface area contributed by atoms with Crippen molar-refractivity contribution in [2.45, 2.75) is 6.54 Å². The molecule has 0 unspecified atom stereocenters. The Bertz CT molecular complexity index is 469. The number of nitrogens with one attached hydrogen (secondary N) is 1. The van der Waals surface area contributed by atoms with E-state index in [0.717, 1.165) is 15.6 Å². The predicted octanol–water partition coefficient (Wildman–Crippen LogP) is 2.96. The van der Waals surface area contributed by atoms with Crippen LogP contribution in [0.4, 0.5) is 0 Å². The van der Waals surface area contributed by atoms with Gasteiger partial charge in [-0.25, -0.2) is 4.98 Å². The average molecular weight is 276 g/mol. The van der Waals surface area contributed by atoms with E-state index in [4.69, 9.17) is 16.0 Å². The Labute approximate surface area is 94.6 Å². The Morgan fingerprint density at radius 2 is 2.36 bits per heavy atom. The zero-order chi connectivity index (χ0) is 10.1. The van der Waals surface area contributed by atoms with Crippen molar-refractivity contribution in [1.82, 2.24) is 10.3 Å². The molecule has 0 saturated heterocycles. The monoisotopic (exact) mass is 274 g/mol. The summed E-state index contributed by atoms with van der Waals surface area (Å²) in [6.07, 6.45) is 0. The van der Waals surface area contributed by atoms with E-state index in [0.29, 0.717) is 17.5 Å². The highest BCUT2D eigenvalue weighted by molar-refractivity contribution is 9.10. The Kier molecular flexibility index (Phi) is 2.76. The molecule has 0 aliphatic heterocycles. The lowest BCUT2D eigenvalue weighted by atomic mass is 10.3. The summed E-state index contributed by atoms with van der Waals surface area (Å²) in [6.45, 7) is 0.610. The Morgan fingerprint density at radius 1 is 1.57 bits per heavy atom. The average Bonchev–Trinajstić information content (AvgIpc) is 2.48. The lowest BCUT2D eigenvalue weighted by Gasteiger charge is -1.92. The van der Waals surface area contributed by atoms with Crippen molar-refractivity contribution in [2.75, 3.05) is 7.05 Å². The highest BCUT2D eigenvalue weighted by Gasteiger charge is 2.09. The molecule has 1 heterocycles. The fourth-order valence-corrected chi connectivity index (χ4v) is 2.11. The number of rotatable bonds is 2. The molecule has 2 rings (SSSR count). The summed E-state index contributed by atoms with van der Waals surface area (Å²) in [6, 6.07) is 3.57. The second kappa shape index (κ2) is 3.88. The number of hydrogen-bond donors (Lipinski definition) is 1. The molecule has 2 aromatic rings. The van der Waals surface area contributed by atoms with E-state index in [9.17, 15) is 0 Å². The molecule has 0 aliphatic rings. The first kappa shape index (κ1) is 9.96. The Hall–Kier alpha value is -0.580. The van der Waals surface area contributed by atoms with Gasteiger partial charge in [-0.05, 0) is 35.1 Å². The van der Waals surface area contributed by atoms with Crippen molar-refractivity contribution in [2.24, 2.45) is 0 Å². The number of aromatic nitrogens is 1. The molecular formula is C9H8BrClN2O. The van der Waals surface area contributed by atoms with Crippen LogP contribution in [0.1, 0.15) is 5.89 Å². The van der Waals surface area contributed by atoms with E-state index in [1.165, 1.54) is 0 Å². The van der Waals surface area contributed by atoms with Crippen molar-refractivity contribution in [3.05, 3.63) is 27.5 Å². The van der Waals surface area contributed by atoms with Crippen LogP contribution in [0.3, 0.4) is 0 Å². The lowest BCUT2D eigenvalue weighted by Crippen LogP contribution is -2.04. The lowest BCUT2D eigenvalue weighted by molar-refractivity contribution is 0.510. The van der Waals surface area contributed by atoms with Gasteiger partial charge in [-0.2, -0.15) is 0 Å². The first-order chi connectivity index (χ1) is 6.70. The van der Waals surface area contributed by atoms with Crippen LogP contribution in [-0.2, 0) is 6.54 Å². The molecule has 0 aliphatic carbocycles. The van der Waals surface area contributed by atoms with Gasteiger partial charge >= 0.3 is 0 Å². The van der Waals surface area contributed by atoms with Gasteiger partial charge in [0, 0.05) is 5.02 Å². The molecule has 1 N–H and O–H groups in total. The molecule has 0 atom stereocenters. The Morgan fingerprint density at radius 3 is 3.07 bits per heavy atom. The molecule has 0 spiro atoms. The third kappa shape index (κ3) is 1.78. The van der Waals surface area contributed by atoms with Crippen LogP contribution in [-0.4, -0.2) is 12.0 Å². The quantitative estimate of drug-likeness (QED) is 0.916. The molecule has 5 heteroatoms. The third-order valence-electron chi connectivity index (χ3n) is 1.78. The molecule has 0 amide bonds. The van der Waals surface area contributed by atoms with Gasteiger partial charge in [0.05, 0.1) is 11.0 Å². The number of hydrogen-bond acceptors (Lipinski definition) is 3. The van der Waals surface area contributed by atoms with Crippen molar-refractivity contribution in [1.29, 1.82) is 0 Å². The van der Waals surface area contributed by atoms with Crippen molar-refractivity contribution in [3.8, 4) is 0 Å². The number of oxazole rings is 1. The van der Waals surface area contributed by atoms with Gasteiger partial charge in [0.15, 0.2) is 5.58 Å². The van der Waals surface area contributed by atoms with Crippen molar-refractivity contribution >= 4 is 38.6 Å². The highest BCUT2D eigenvalue weighted by atomic mass is 79.9. The largest absolute Gasteiger partial charge is 0.438 e. The number of fused-ring (bicyclic) bond motifs is 1. The Balaban J connectivity index is 2.58. The molecule has 0 radical (unpaired) electrons. The standard InChI is InChI=1S/C9H8BrClN2O/c1-12-4-8-13-7-3-5(11)2-6(10)9(7)14-8/h2-3,12H,4H2,1H3. The van der Waals surface area contributed by atoms with Gasteiger partial charge in [-0.3, -0.25) is 0 Å². The molecule has 0 bridgehead atoms. The number of halogens is 2. The highest BCUT2D eigenvalue weighted by Crippen LogP contribution is 2.28. The molecule has 3 nitrogen and oxygen atoms in total. The second-order valence-electron chi connectivity index (χ2n) is 2.87. The molecule has 0 fully saturated rings. The van der Waals surface area contributed by atoms with Crippen molar-refractivity contribution in [3.63, 3.8) is 0 Å². The van der Waals surface area contributed by atoms with E-state index in [1.807, 2.05) is 7.05 Å². The van der Waals surface area contributed by atoms with Crippen LogP contribution < -0.4 is 5.32 Å². The predicted molar refractivity (Wildman–Crippen MR) is 59.5 cm³/mol. The van der Waals surface area contributed by atoms with Gasteiger partial charge in [-0.15, -0.1) is 0 Å². The zero-order valence-electron chi connectivity index (χ0n) is 7.47. The van der Waals surface area contributed by atoms with Crippen LogP contribution in [0.5, 0.6) is 0 Å². The van der Waals surface area contributed by atoms with E-state index >= 15 is 0 Å². The summed E-state index contributed by atoms with van der Waals surface area (Å²) in [4.78, 5) is 4.28. The van der Waals surface area contributed by atoms with E-state index in [1.54, 1.807) is 12.1 Å². The summed E-state index contributed by atoms with van der Waals surface area (Å²) < 4.78 is 6.34. The fourth-order valence-electron chi connectivity index (χ4n) is 1.23. The molecule has 74 valence electrons. The normalized spacial score (nSPS) is 11.1. The fraction of sp³-hybridized carbons (Fsp3) is 0.222. The zero-order valence-corrected chi connectivity index (χ0v) is 9.82. The van der Waals surface area contributed by atoms with Crippen LogP contribution in [0.2, 0.25) is 5.02 Å². The van der Waals surface area contributed by atoms with Crippen LogP contribution in [0, 0.1) is 0 Å². The third-order valence-corrected chi connectivity index (χ3v) is 2.59. The minimum Gasteiger partial charge on any atom is -0.438 e. The molecule has 1 aromatic heterocycles. The second-order valence-corrected chi connectivity index (χ2v) is 4.16. The first-order valence-electron chi connectivity index (χ1n) is 4.10. The minimum atomic E-state index is 0.610. The number of nitrogens with zero attached hydrogens (tertiary/aromatic N) is 1. The van der Waals surface area contributed by atoms with Gasteiger partial charge in [0.2, 0.25) is 5.89 Å². The first-order valence-corrected chi connectivity index (χ1v) is 5.27. The maximum atomic E-state index is 5.88. The molecule has 0 saturated carbocycles. The van der Waals surface area contributed by atoms with Crippen LogP contribution in [0.15, 0.2) is 21.0 Å². The molecule has 1 aromatic carbocycles. The molecular weight excluding hydrogens is 267 g/mol. The van der Waals surface area contributed by atoms with Crippen LogP contribution >= 0.6 is 27.5 Å². The van der Waals surface area contributed by atoms with E-state index in [2.05, 4.69) is 26.2 Å². The SMILES string of the molecule is CNCc1nc2cc(Cl)cc(Br)c2o1. The van der Waals surface area contributed by atoms with Gasteiger partial charge in [0.1, 0.15) is 5.52 Å². The summed E-state index contributed by atoms with van der Waals surface area (Å²) in [7, 11) is 1.84. The summed E-state index contributed by atoms with van der Waals surface area (Å²) in [5.41, 5.74) is 1.51. The van der Waals surface area contributed by atoms with Crippen molar-refractivity contribution < 1.29 is 4.42 Å². The van der Waals surface area contributed by atoms with Gasteiger partial charge in [0.25, 0.3) is 0 Å². The van der Waals surface area contributed by atoms with Gasteiger partial charge in [-0.1, -0.05) is 11.6 Å².